The highest BCUT2D eigenvalue weighted by Gasteiger charge is 2.23. The fourth-order valence-corrected chi connectivity index (χ4v) is 5.78. The second kappa shape index (κ2) is 11.2. The van der Waals surface area contributed by atoms with Crippen molar-refractivity contribution in [3.8, 4) is 11.1 Å². The summed E-state index contributed by atoms with van der Waals surface area (Å²) in [5.41, 5.74) is 3.30. The topological polar surface area (TPSA) is 102 Å². The number of hydrogen-bond acceptors (Lipinski definition) is 5. The Bertz CT molecular complexity index is 1510. The van der Waals surface area contributed by atoms with Crippen molar-refractivity contribution in [3.63, 3.8) is 0 Å². The van der Waals surface area contributed by atoms with E-state index in [0.29, 0.717) is 38.4 Å². The van der Waals surface area contributed by atoms with Gasteiger partial charge < -0.3 is 4.57 Å². The van der Waals surface area contributed by atoms with Crippen molar-refractivity contribution in [3.05, 3.63) is 91.9 Å². The van der Waals surface area contributed by atoms with Gasteiger partial charge in [0.2, 0.25) is 0 Å². The third-order valence-electron chi connectivity index (χ3n) is 5.88. The van der Waals surface area contributed by atoms with Crippen LogP contribution in [0.5, 0.6) is 0 Å². The number of halogens is 1. The molecule has 3 aromatic rings. The maximum atomic E-state index is 13.7. The summed E-state index contributed by atoms with van der Waals surface area (Å²) in [6.45, 7) is 5.22. The summed E-state index contributed by atoms with van der Waals surface area (Å²) in [6, 6.07) is 11.0. The number of aromatic nitrogens is 1. The lowest BCUT2D eigenvalue weighted by Crippen LogP contribution is -2.25. The van der Waals surface area contributed by atoms with E-state index in [1.807, 2.05) is 6.92 Å². The number of ketones is 1. The zero-order chi connectivity index (χ0) is 26.8. The lowest BCUT2D eigenvalue weighted by atomic mass is 9.89. The molecule has 36 heavy (non-hydrogen) atoms. The smallest absolute Gasteiger partial charge is 0.250 e. The molecular weight excluding hydrogens is 520 g/mol. The van der Waals surface area contributed by atoms with E-state index in [1.54, 1.807) is 63.5 Å². The standard InChI is InChI=1S/C26H29ClN2O5S2/c1-6-36(33,34)15-18-8-10-19(26(31)20-9-7-16(2)11-24(20)27)22(12-18)23-14-29(4)25(30)13-21(23)17(3)28-35(5)32/h7-14,17,28H,6,15H2,1-5H3/t17-,35?/m0/s1. The maximum Gasteiger partial charge on any atom is 0.250 e. The third kappa shape index (κ3) is 6.39. The first-order valence-corrected chi connectivity index (χ1v) is 15.0. The minimum absolute atomic E-state index is 0.0175. The Morgan fingerprint density at radius 2 is 1.78 bits per heavy atom. The molecule has 0 amide bonds. The number of nitrogens with one attached hydrogen (secondary N) is 1. The average Bonchev–Trinajstić information content (AvgIpc) is 2.79. The van der Waals surface area contributed by atoms with E-state index in [-0.39, 0.29) is 22.8 Å². The largest absolute Gasteiger partial charge is 0.318 e. The molecule has 0 saturated carbocycles. The van der Waals surface area contributed by atoms with Gasteiger partial charge in [0.15, 0.2) is 15.6 Å². The van der Waals surface area contributed by atoms with E-state index in [9.17, 15) is 22.2 Å². The van der Waals surface area contributed by atoms with Crippen LogP contribution in [-0.4, -0.2) is 35.0 Å². The molecule has 2 atom stereocenters. The number of rotatable bonds is 9. The minimum Gasteiger partial charge on any atom is -0.318 e. The highest BCUT2D eigenvalue weighted by Crippen LogP contribution is 2.34. The molecule has 0 radical (unpaired) electrons. The highest BCUT2D eigenvalue weighted by molar-refractivity contribution is 7.90. The van der Waals surface area contributed by atoms with Gasteiger partial charge >= 0.3 is 0 Å². The van der Waals surface area contributed by atoms with Gasteiger partial charge in [-0.25, -0.2) is 17.3 Å². The van der Waals surface area contributed by atoms with Crippen molar-refractivity contribution in [2.24, 2.45) is 7.05 Å². The van der Waals surface area contributed by atoms with E-state index >= 15 is 0 Å². The predicted molar refractivity (Wildman–Crippen MR) is 146 cm³/mol. The van der Waals surface area contributed by atoms with Crippen molar-refractivity contribution in [1.29, 1.82) is 0 Å². The van der Waals surface area contributed by atoms with Crippen LogP contribution in [0.2, 0.25) is 5.02 Å². The van der Waals surface area contributed by atoms with Crippen LogP contribution in [0.3, 0.4) is 0 Å². The molecule has 1 heterocycles. The molecule has 0 saturated heterocycles. The normalized spacial score (nSPS) is 13.4. The Labute approximate surface area is 219 Å². The molecule has 7 nitrogen and oxygen atoms in total. The van der Waals surface area contributed by atoms with Crippen molar-refractivity contribution in [2.45, 2.75) is 32.6 Å². The molecule has 10 heteroatoms. The highest BCUT2D eigenvalue weighted by atomic mass is 35.5. The van der Waals surface area contributed by atoms with Gasteiger partial charge in [0.25, 0.3) is 5.56 Å². The van der Waals surface area contributed by atoms with Crippen LogP contribution in [0.1, 0.15) is 52.5 Å². The molecule has 192 valence electrons. The van der Waals surface area contributed by atoms with Gasteiger partial charge in [0.05, 0.1) is 21.8 Å². The lowest BCUT2D eigenvalue weighted by molar-refractivity contribution is 0.103. The SMILES string of the molecule is CCS(=O)(=O)Cc1ccc(C(=O)c2ccc(C)cc2Cl)c(-c2cn(C)c(=O)cc2[C@H](C)NS(C)=O)c1. The quantitative estimate of drug-likeness (QED) is 0.405. The number of nitrogens with zero attached hydrogens (tertiary/aromatic N) is 1. The van der Waals surface area contributed by atoms with E-state index in [4.69, 9.17) is 11.6 Å². The Balaban J connectivity index is 2.32. The van der Waals surface area contributed by atoms with Crippen LogP contribution in [-0.2, 0) is 33.6 Å². The summed E-state index contributed by atoms with van der Waals surface area (Å²) in [5.74, 6) is -0.542. The number of sulfone groups is 1. The summed E-state index contributed by atoms with van der Waals surface area (Å²) in [7, 11) is -3.11. The fraction of sp³-hybridized carbons (Fsp3) is 0.308. The first-order valence-electron chi connectivity index (χ1n) is 11.3. The summed E-state index contributed by atoms with van der Waals surface area (Å²) in [6.07, 6.45) is 3.09. The second-order valence-electron chi connectivity index (χ2n) is 8.75. The van der Waals surface area contributed by atoms with E-state index < -0.39 is 26.9 Å². The van der Waals surface area contributed by atoms with Gasteiger partial charge in [-0.1, -0.05) is 36.7 Å². The number of hydrogen-bond donors (Lipinski definition) is 1. The van der Waals surface area contributed by atoms with Crippen LogP contribution in [0, 0.1) is 6.92 Å². The van der Waals surface area contributed by atoms with Crippen LogP contribution >= 0.6 is 11.6 Å². The molecule has 1 aromatic heterocycles. The molecule has 0 spiro atoms. The number of carbonyl (C=O) groups is 1. The van der Waals surface area contributed by atoms with Crippen LogP contribution in [0.15, 0.2) is 53.5 Å². The Kier molecular flexibility index (Phi) is 8.71. The Morgan fingerprint density at radius 1 is 1.11 bits per heavy atom. The van der Waals surface area contributed by atoms with Gasteiger partial charge in [-0.3, -0.25) is 9.59 Å². The number of aryl methyl sites for hydroxylation is 2. The van der Waals surface area contributed by atoms with Crippen molar-refractivity contribution < 1.29 is 17.4 Å². The molecule has 2 aromatic carbocycles. The molecule has 0 bridgehead atoms. The van der Waals surface area contributed by atoms with Crippen LogP contribution in [0.4, 0.5) is 0 Å². The molecule has 0 aliphatic carbocycles. The molecule has 0 aliphatic rings. The molecular formula is C26H29ClN2O5S2. The van der Waals surface area contributed by atoms with Crippen molar-refractivity contribution in [1.82, 2.24) is 9.29 Å². The predicted octanol–water partition coefficient (Wildman–Crippen LogP) is 4.12. The third-order valence-corrected chi connectivity index (χ3v) is 8.54. The second-order valence-corrected chi connectivity index (χ2v) is 12.7. The maximum absolute atomic E-state index is 13.7. The zero-order valence-corrected chi connectivity index (χ0v) is 23.2. The fourth-order valence-electron chi connectivity index (χ4n) is 3.95. The van der Waals surface area contributed by atoms with Gasteiger partial charge in [0, 0.05) is 54.1 Å². The van der Waals surface area contributed by atoms with Gasteiger partial charge in [0.1, 0.15) is 0 Å². The average molecular weight is 549 g/mol. The monoisotopic (exact) mass is 548 g/mol. The molecule has 1 N–H and O–H groups in total. The van der Waals surface area contributed by atoms with Crippen molar-refractivity contribution in [2.75, 3.05) is 12.0 Å². The Morgan fingerprint density at radius 3 is 2.39 bits per heavy atom. The molecule has 0 aliphatic heterocycles. The van der Waals surface area contributed by atoms with Crippen molar-refractivity contribution >= 4 is 38.2 Å². The summed E-state index contributed by atoms with van der Waals surface area (Å²) >= 11 is 6.41. The lowest BCUT2D eigenvalue weighted by Gasteiger charge is -2.20. The summed E-state index contributed by atoms with van der Waals surface area (Å²) in [5, 5.41) is 0.306. The van der Waals surface area contributed by atoms with E-state index in [2.05, 4.69) is 4.72 Å². The summed E-state index contributed by atoms with van der Waals surface area (Å²) in [4.78, 5) is 26.2. The summed E-state index contributed by atoms with van der Waals surface area (Å²) < 4.78 is 40.9. The van der Waals surface area contributed by atoms with E-state index in [1.165, 1.54) is 16.9 Å². The first-order chi connectivity index (χ1) is 16.8. The van der Waals surface area contributed by atoms with Gasteiger partial charge in [-0.2, -0.15) is 0 Å². The first kappa shape index (κ1) is 28.0. The molecule has 0 fully saturated rings. The minimum atomic E-state index is -3.34. The molecule has 3 rings (SSSR count). The van der Waals surface area contributed by atoms with E-state index in [0.717, 1.165) is 5.56 Å². The molecule has 1 unspecified atom stereocenters. The number of carbonyl (C=O) groups excluding carboxylic acids is 1. The van der Waals surface area contributed by atoms with Gasteiger partial charge in [-0.15, -0.1) is 0 Å². The Hall–Kier alpha value is -2.59. The van der Waals surface area contributed by atoms with Crippen LogP contribution in [0.25, 0.3) is 11.1 Å². The van der Waals surface area contributed by atoms with Crippen LogP contribution < -0.4 is 10.3 Å². The number of benzene rings is 2. The van der Waals surface area contributed by atoms with Gasteiger partial charge in [-0.05, 0) is 54.3 Å². The number of pyridine rings is 1. The zero-order valence-electron chi connectivity index (χ0n) is 20.8.